The van der Waals surface area contributed by atoms with E-state index in [4.69, 9.17) is 15.2 Å². The van der Waals surface area contributed by atoms with Crippen molar-refractivity contribution in [2.24, 2.45) is 5.73 Å². The quantitative estimate of drug-likeness (QED) is 0.462. The van der Waals surface area contributed by atoms with Crippen LogP contribution in [0.15, 0.2) is 60.8 Å². The molecule has 5 rings (SSSR count). The summed E-state index contributed by atoms with van der Waals surface area (Å²) in [6.07, 6.45) is -1.83. The van der Waals surface area contributed by atoms with Gasteiger partial charge in [0.25, 0.3) is 0 Å². The van der Waals surface area contributed by atoms with Crippen molar-refractivity contribution < 1.29 is 27.4 Å². The molecule has 202 valence electrons. The first-order valence-electron chi connectivity index (χ1n) is 12.8. The minimum atomic E-state index is -4.44. The fourth-order valence-electron chi connectivity index (χ4n) is 5.61. The first-order chi connectivity index (χ1) is 18.2. The number of nitrogens with two attached hydrogens (primary N) is 1. The molecule has 0 aliphatic carbocycles. The molecule has 7 nitrogen and oxygen atoms in total. The molecular weight excluding hydrogens is 497 g/mol. The van der Waals surface area contributed by atoms with Gasteiger partial charge in [-0.05, 0) is 48.2 Å². The van der Waals surface area contributed by atoms with Crippen LogP contribution in [-0.4, -0.2) is 58.4 Å². The van der Waals surface area contributed by atoms with Crippen molar-refractivity contribution in [1.82, 2.24) is 15.1 Å². The van der Waals surface area contributed by atoms with Gasteiger partial charge in [-0.1, -0.05) is 37.3 Å². The third kappa shape index (κ3) is 5.28. The zero-order valence-electron chi connectivity index (χ0n) is 21.1. The van der Waals surface area contributed by atoms with Crippen LogP contribution in [0.2, 0.25) is 0 Å². The standard InChI is InChI=1S/C28H31F3N4O3/c1-18(19-5-7-20(8-6-19)24-9-12-33-34-24)25-16-27(26(32)36,11-14-37-25)35-13-10-23(17-35)38-22-4-2-3-21(15-22)28(29,30)31/h2-9,12,15,18,23,25H,10-11,13-14,16-17H2,1H3,(H2,32,36)(H,33,34)/t18-,23+,25?,27?/m0/s1. The fraction of sp³-hybridized carbons (Fsp3) is 0.429. The van der Waals surface area contributed by atoms with Gasteiger partial charge in [-0.3, -0.25) is 14.8 Å². The lowest BCUT2D eigenvalue weighted by Gasteiger charge is -2.46. The molecule has 1 aromatic heterocycles. The zero-order chi connectivity index (χ0) is 26.9. The van der Waals surface area contributed by atoms with E-state index in [1.807, 2.05) is 23.1 Å². The maximum atomic E-state index is 13.1. The maximum absolute atomic E-state index is 13.1. The summed E-state index contributed by atoms with van der Waals surface area (Å²) in [6, 6.07) is 15.0. The number of aromatic nitrogens is 2. The van der Waals surface area contributed by atoms with Gasteiger partial charge in [0.05, 0.1) is 17.4 Å². The number of hydrogen-bond donors (Lipinski definition) is 2. The zero-order valence-corrected chi connectivity index (χ0v) is 21.1. The Morgan fingerprint density at radius 2 is 2.03 bits per heavy atom. The van der Waals surface area contributed by atoms with Crippen LogP contribution in [0.1, 0.15) is 43.2 Å². The second kappa shape index (κ2) is 10.4. The molecular formula is C28H31F3N4O3. The second-order valence-corrected chi connectivity index (χ2v) is 10.1. The highest BCUT2D eigenvalue weighted by Gasteiger charge is 2.50. The number of benzene rings is 2. The van der Waals surface area contributed by atoms with Gasteiger partial charge >= 0.3 is 6.18 Å². The number of H-pyrrole nitrogens is 1. The molecule has 0 bridgehead atoms. The van der Waals surface area contributed by atoms with E-state index in [9.17, 15) is 18.0 Å². The van der Waals surface area contributed by atoms with Gasteiger partial charge in [0, 0.05) is 38.2 Å². The highest BCUT2D eigenvalue weighted by atomic mass is 19.4. The molecule has 2 aromatic carbocycles. The van der Waals surface area contributed by atoms with Gasteiger partial charge in [0.2, 0.25) is 5.91 Å². The molecule has 2 unspecified atom stereocenters. The lowest BCUT2D eigenvalue weighted by atomic mass is 9.79. The highest BCUT2D eigenvalue weighted by Crippen LogP contribution is 2.39. The number of amides is 1. The van der Waals surface area contributed by atoms with Gasteiger partial charge in [0.1, 0.15) is 17.4 Å². The van der Waals surface area contributed by atoms with E-state index in [1.54, 1.807) is 6.20 Å². The van der Waals surface area contributed by atoms with Crippen LogP contribution in [0.5, 0.6) is 5.75 Å². The highest BCUT2D eigenvalue weighted by molar-refractivity contribution is 5.85. The van der Waals surface area contributed by atoms with E-state index in [0.29, 0.717) is 39.0 Å². The molecule has 2 fully saturated rings. The first-order valence-corrected chi connectivity index (χ1v) is 12.8. The SMILES string of the molecule is C[C@@H](c1ccc(-c2ccn[nH]2)cc1)C1CC(C(N)=O)(N2CC[C@@H](Oc3cccc(C(F)(F)F)c3)C2)CCO1. The number of hydrogen-bond acceptors (Lipinski definition) is 5. The number of carbonyl (C=O) groups excluding carboxylic acids is 1. The molecule has 4 atom stereocenters. The van der Waals surface area contributed by atoms with Crippen LogP contribution in [0.25, 0.3) is 11.3 Å². The summed E-state index contributed by atoms with van der Waals surface area (Å²) in [5.74, 6) is -0.228. The Balaban J connectivity index is 1.28. The minimum absolute atomic E-state index is 0.0181. The van der Waals surface area contributed by atoms with Crippen LogP contribution in [0.3, 0.4) is 0 Å². The number of halogens is 3. The van der Waals surface area contributed by atoms with E-state index in [1.165, 1.54) is 12.1 Å². The Morgan fingerprint density at radius 1 is 1.24 bits per heavy atom. The van der Waals surface area contributed by atoms with Crippen molar-refractivity contribution in [2.45, 2.75) is 56.0 Å². The van der Waals surface area contributed by atoms with Crippen LogP contribution in [0, 0.1) is 0 Å². The average Bonchev–Trinajstić information content (AvgIpc) is 3.61. The molecule has 10 heteroatoms. The van der Waals surface area contributed by atoms with Crippen molar-refractivity contribution in [1.29, 1.82) is 0 Å². The maximum Gasteiger partial charge on any atom is 0.416 e. The molecule has 2 saturated heterocycles. The van der Waals surface area contributed by atoms with Crippen LogP contribution < -0.4 is 10.5 Å². The number of alkyl halides is 3. The molecule has 3 N–H and O–H groups in total. The van der Waals surface area contributed by atoms with E-state index in [2.05, 4.69) is 29.3 Å². The van der Waals surface area contributed by atoms with Gasteiger partial charge in [-0.25, -0.2) is 0 Å². The molecule has 38 heavy (non-hydrogen) atoms. The molecule has 2 aliphatic rings. The summed E-state index contributed by atoms with van der Waals surface area (Å²) in [7, 11) is 0. The van der Waals surface area contributed by atoms with Crippen molar-refractivity contribution >= 4 is 5.91 Å². The van der Waals surface area contributed by atoms with E-state index >= 15 is 0 Å². The number of likely N-dealkylation sites (tertiary alicyclic amines) is 1. The molecule has 0 saturated carbocycles. The number of rotatable bonds is 7. The third-order valence-electron chi connectivity index (χ3n) is 7.87. The summed E-state index contributed by atoms with van der Waals surface area (Å²) < 4.78 is 51.4. The first kappa shape index (κ1) is 26.2. The summed E-state index contributed by atoms with van der Waals surface area (Å²) in [4.78, 5) is 15.0. The average molecular weight is 529 g/mol. The summed E-state index contributed by atoms with van der Waals surface area (Å²) in [5, 5.41) is 6.95. The van der Waals surface area contributed by atoms with Gasteiger partial charge in [0.15, 0.2) is 0 Å². The Kier molecular flexibility index (Phi) is 7.19. The molecule has 2 aliphatic heterocycles. The summed E-state index contributed by atoms with van der Waals surface area (Å²) in [6.45, 7) is 3.43. The van der Waals surface area contributed by atoms with Crippen molar-refractivity contribution in [3.63, 3.8) is 0 Å². The monoisotopic (exact) mass is 528 g/mol. The lowest BCUT2D eigenvalue weighted by molar-refractivity contribution is -0.142. The fourth-order valence-corrected chi connectivity index (χ4v) is 5.61. The number of nitrogens with one attached hydrogen (secondary N) is 1. The van der Waals surface area contributed by atoms with Gasteiger partial charge in [-0.15, -0.1) is 0 Å². The molecule has 3 heterocycles. The number of nitrogens with zero attached hydrogens (tertiary/aromatic N) is 2. The third-order valence-corrected chi connectivity index (χ3v) is 7.87. The van der Waals surface area contributed by atoms with E-state index in [0.717, 1.165) is 29.0 Å². The lowest BCUT2D eigenvalue weighted by Crippen LogP contribution is -2.61. The molecule has 0 radical (unpaired) electrons. The number of ether oxygens (including phenoxy) is 2. The Bertz CT molecular complexity index is 1250. The predicted octanol–water partition coefficient (Wildman–Crippen LogP) is 4.76. The van der Waals surface area contributed by atoms with Crippen molar-refractivity contribution in [3.05, 3.63) is 71.9 Å². The van der Waals surface area contributed by atoms with Crippen molar-refractivity contribution in [2.75, 3.05) is 19.7 Å². The van der Waals surface area contributed by atoms with Crippen molar-refractivity contribution in [3.8, 4) is 17.0 Å². The van der Waals surface area contributed by atoms with Crippen LogP contribution in [0.4, 0.5) is 13.2 Å². The normalized spacial score (nSPS) is 25.3. The Morgan fingerprint density at radius 3 is 2.71 bits per heavy atom. The number of primary amides is 1. The van der Waals surface area contributed by atoms with Crippen LogP contribution >= 0.6 is 0 Å². The minimum Gasteiger partial charge on any atom is -0.489 e. The number of carbonyl (C=O) groups is 1. The molecule has 1 amide bonds. The van der Waals surface area contributed by atoms with Gasteiger partial charge in [-0.2, -0.15) is 18.3 Å². The molecule has 3 aromatic rings. The smallest absolute Gasteiger partial charge is 0.416 e. The summed E-state index contributed by atoms with van der Waals surface area (Å²) in [5.41, 5.74) is 7.40. The Labute approximate surface area is 219 Å². The van der Waals surface area contributed by atoms with Crippen LogP contribution in [-0.2, 0) is 15.7 Å². The molecule has 0 spiro atoms. The van der Waals surface area contributed by atoms with E-state index < -0.39 is 23.2 Å². The van der Waals surface area contributed by atoms with E-state index in [-0.39, 0.29) is 23.9 Å². The topological polar surface area (TPSA) is 93.5 Å². The Hall–Kier alpha value is -3.37. The largest absolute Gasteiger partial charge is 0.489 e. The van der Waals surface area contributed by atoms with Gasteiger partial charge < -0.3 is 15.2 Å². The second-order valence-electron chi connectivity index (χ2n) is 10.1. The predicted molar refractivity (Wildman–Crippen MR) is 135 cm³/mol. The number of aromatic amines is 1. The summed E-state index contributed by atoms with van der Waals surface area (Å²) >= 11 is 0.